The molecule has 0 radical (unpaired) electrons. The van der Waals surface area contributed by atoms with Crippen LogP contribution >= 0.6 is 0 Å². The molecule has 1 saturated carbocycles. The Kier molecular flexibility index (Phi) is 4.94. The summed E-state index contributed by atoms with van der Waals surface area (Å²) in [6.07, 6.45) is 9.36. The van der Waals surface area contributed by atoms with Crippen LogP contribution in [0, 0.1) is 0 Å². The minimum absolute atomic E-state index is 0.204. The largest absolute Gasteiger partial charge is 0.396 e. The van der Waals surface area contributed by atoms with E-state index in [4.69, 9.17) is 5.11 Å². The minimum atomic E-state index is 0.204. The molecule has 0 amide bonds. The molecule has 1 aliphatic rings. The van der Waals surface area contributed by atoms with E-state index in [9.17, 15) is 0 Å². The average Bonchev–Trinajstić information content (AvgIpc) is 2.83. The van der Waals surface area contributed by atoms with Crippen LogP contribution in [0.5, 0.6) is 0 Å². The fourth-order valence-electron chi connectivity index (χ4n) is 2.32. The van der Waals surface area contributed by atoms with Gasteiger partial charge in [0.2, 0.25) is 0 Å². The molecule has 2 N–H and O–H groups in total. The highest BCUT2D eigenvalue weighted by Crippen LogP contribution is 2.17. The highest BCUT2D eigenvalue weighted by Gasteiger charge is 2.12. The van der Waals surface area contributed by atoms with E-state index in [-0.39, 0.29) is 6.61 Å². The number of aromatic nitrogens is 3. The lowest BCUT2D eigenvalue weighted by Gasteiger charge is -2.22. The zero-order chi connectivity index (χ0) is 11.9. The first-order valence-electron chi connectivity index (χ1n) is 6.62. The molecule has 1 aromatic rings. The Morgan fingerprint density at radius 3 is 2.94 bits per heavy atom. The summed E-state index contributed by atoms with van der Waals surface area (Å²) in [4.78, 5) is 0. The van der Waals surface area contributed by atoms with E-state index < -0.39 is 0 Å². The SMILES string of the molecule is OCCCn1cc(CNC2CCCCC2)nn1. The highest BCUT2D eigenvalue weighted by molar-refractivity contribution is 4.92. The molecule has 1 heterocycles. The Bertz CT molecular complexity index is 320. The van der Waals surface area contributed by atoms with Gasteiger partial charge < -0.3 is 10.4 Å². The Balaban J connectivity index is 1.72. The monoisotopic (exact) mass is 238 g/mol. The maximum atomic E-state index is 8.73. The second-order valence-corrected chi connectivity index (χ2v) is 4.77. The van der Waals surface area contributed by atoms with Crippen molar-refractivity contribution in [1.82, 2.24) is 20.3 Å². The van der Waals surface area contributed by atoms with Gasteiger partial charge in [0.05, 0.1) is 5.69 Å². The highest BCUT2D eigenvalue weighted by atomic mass is 16.3. The van der Waals surface area contributed by atoms with E-state index in [0.717, 1.165) is 25.2 Å². The van der Waals surface area contributed by atoms with Gasteiger partial charge in [0.15, 0.2) is 0 Å². The zero-order valence-corrected chi connectivity index (χ0v) is 10.3. The van der Waals surface area contributed by atoms with Crippen molar-refractivity contribution >= 4 is 0 Å². The van der Waals surface area contributed by atoms with Gasteiger partial charge in [-0.15, -0.1) is 5.10 Å². The van der Waals surface area contributed by atoms with Crippen molar-refractivity contribution in [2.75, 3.05) is 6.61 Å². The maximum absolute atomic E-state index is 8.73. The summed E-state index contributed by atoms with van der Waals surface area (Å²) < 4.78 is 1.80. The molecule has 0 aliphatic heterocycles. The minimum Gasteiger partial charge on any atom is -0.396 e. The van der Waals surface area contributed by atoms with Gasteiger partial charge in [-0.2, -0.15) is 0 Å². The third kappa shape index (κ3) is 4.09. The molecule has 1 aliphatic carbocycles. The lowest BCUT2D eigenvalue weighted by Crippen LogP contribution is -2.30. The average molecular weight is 238 g/mol. The van der Waals surface area contributed by atoms with E-state index in [1.807, 2.05) is 6.20 Å². The van der Waals surface area contributed by atoms with Crippen molar-refractivity contribution in [1.29, 1.82) is 0 Å². The van der Waals surface area contributed by atoms with Gasteiger partial charge >= 0.3 is 0 Å². The molecule has 0 spiro atoms. The topological polar surface area (TPSA) is 63.0 Å². The molecule has 5 heteroatoms. The van der Waals surface area contributed by atoms with Crippen LogP contribution in [-0.4, -0.2) is 32.7 Å². The molecular weight excluding hydrogens is 216 g/mol. The van der Waals surface area contributed by atoms with Crippen LogP contribution in [0.15, 0.2) is 6.20 Å². The lowest BCUT2D eigenvalue weighted by molar-refractivity contribution is 0.276. The molecule has 5 nitrogen and oxygen atoms in total. The van der Waals surface area contributed by atoms with Gasteiger partial charge in [0.1, 0.15) is 0 Å². The lowest BCUT2D eigenvalue weighted by atomic mass is 9.95. The Morgan fingerprint density at radius 2 is 2.18 bits per heavy atom. The van der Waals surface area contributed by atoms with Gasteiger partial charge in [0, 0.05) is 31.9 Å². The number of nitrogens with zero attached hydrogens (tertiary/aromatic N) is 3. The van der Waals surface area contributed by atoms with Gasteiger partial charge in [-0.3, -0.25) is 4.68 Å². The summed E-state index contributed by atoms with van der Waals surface area (Å²) in [7, 11) is 0. The molecule has 1 aromatic heterocycles. The van der Waals surface area contributed by atoms with E-state index >= 15 is 0 Å². The molecular formula is C12H22N4O. The van der Waals surface area contributed by atoms with Crippen LogP contribution in [0.3, 0.4) is 0 Å². The summed E-state index contributed by atoms with van der Waals surface area (Å²) >= 11 is 0. The summed E-state index contributed by atoms with van der Waals surface area (Å²) in [5.41, 5.74) is 0.994. The van der Waals surface area contributed by atoms with Gasteiger partial charge in [-0.25, -0.2) is 0 Å². The second kappa shape index (κ2) is 6.71. The van der Waals surface area contributed by atoms with Gasteiger partial charge in [-0.05, 0) is 19.3 Å². The van der Waals surface area contributed by atoms with E-state index in [1.54, 1.807) is 4.68 Å². The molecule has 0 unspecified atom stereocenters. The normalized spacial score (nSPS) is 17.5. The molecule has 2 rings (SSSR count). The first kappa shape index (κ1) is 12.5. The van der Waals surface area contributed by atoms with Gasteiger partial charge in [0.25, 0.3) is 0 Å². The molecule has 0 atom stereocenters. The molecule has 0 bridgehead atoms. The van der Waals surface area contributed by atoms with Crippen molar-refractivity contribution in [3.8, 4) is 0 Å². The number of hydrogen-bond donors (Lipinski definition) is 2. The van der Waals surface area contributed by atoms with Gasteiger partial charge in [-0.1, -0.05) is 24.5 Å². The number of aliphatic hydroxyl groups is 1. The standard InChI is InChI=1S/C12H22N4O/c17-8-4-7-16-10-12(14-15-16)9-13-11-5-2-1-3-6-11/h10-11,13,17H,1-9H2. The summed E-state index contributed by atoms with van der Waals surface area (Å²) in [6.45, 7) is 1.76. The Morgan fingerprint density at radius 1 is 1.35 bits per heavy atom. The second-order valence-electron chi connectivity index (χ2n) is 4.77. The Labute approximate surface area is 102 Å². The Hall–Kier alpha value is -0.940. The molecule has 96 valence electrons. The van der Waals surface area contributed by atoms with Crippen molar-refractivity contribution < 1.29 is 5.11 Å². The zero-order valence-electron chi connectivity index (χ0n) is 10.3. The summed E-state index contributed by atoms with van der Waals surface area (Å²) in [5.74, 6) is 0. The maximum Gasteiger partial charge on any atom is 0.0964 e. The number of nitrogens with one attached hydrogen (secondary N) is 1. The number of aryl methyl sites for hydroxylation is 1. The molecule has 0 aromatic carbocycles. The number of aliphatic hydroxyl groups excluding tert-OH is 1. The van der Waals surface area contributed by atoms with Crippen LogP contribution in [0.25, 0.3) is 0 Å². The van der Waals surface area contributed by atoms with E-state index in [0.29, 0.717) is 6.04 Å². The van der Waals surface area contributed by atoms with Crippen molar-refractivity contribution in [2.45, 2.75) is 57.7 Å². The van der Waals surface area contributed by atoms with Crippen molar-refractivity contribution in [3.63, 3.8) is 0 Å². The first-order valence-corrected chi connectivity index (χ1v) is 6.62. The molecule has 17 heavy (non-hydrogen) atoms. The van der Waals surface area contributed by atoms with Crippen LogP contribution in [0.2, 0.25) is 0 Å². The van der Waals surface area contributed by atoms with Crippen LogP contribution < -0.4 is 5.32 Å². The third-order valence-electron chi connectivity index (χ3n) is 3.31. The first-order chi connectivity index (χ1) is 8.38. The quantitative estimate of drug-likeness (QED) is 0.778. The van der Waals surface area contributed by atoms with Crippen molar-refractivity contribution in [2.24, 2.45) is 0 Å². The van der Waals surface area contributed by atoms with Crippen LogP contribution in [-0.2, 0) is 13.1 Å². The fourth-order valence-corrected chi connectivity index (χ4v) is 2.32. The van der Waals surface area contributed by atoms with Crippen LogP contribution in [0.4, 0.5) is 0 Å². The molecule has 1 fully saturated rings. The third-order valence-corrected chi connectivity index (χ3v) is 3.31. The predicted molar refractivity (Wildman–Crippen MR) is 65.4 cm³/mol. The molecule has 0 saturated heterocycles. The van der Waals surface area contributed by atoms with E-state index in [1.165, 1.54) is 32.1 Å². The summed E-state index contributed by atoms with van der Waals surface area (Å²) in [5, 5.41) is 20.4. The summed E-state index contributed by atoms with van der Waals surface area (Å²) in [6, 6.07) is 0.659. The smallest absolute Gasteiger partial charge is 0.0964 e. The van der Waals surface area contributed by atoms with Crippen molar-refractivity contribution in [3.05, 3.63) is 11.9 Å². The number of rotatable bonds is 6. The predicted octanol–water partition coefficient (Wildman–Crippen LogP) is 1.08. The van der Waals surface area contributed by atoms with E-state index in [2.05, 4.69) is 15.6 Å². The number of hydrogen-bond acceptors (Lipinski definition) is 4. The fraction of sp³-hybridized carbons (Fsp3) is 0.833. The van der Waals surface area contributed by atoms with Crippen LogP contribution in [0.1, 0.15) is 44.2 Å².